The summed E-state index contributed by atoms with van der Waals surface area (Å²) in [6.07, 6.45) is 5.11. The van der Waals surface area contributed by atoms with Crippen LogP contribution in [-0.2, 0) is 0 Å². The number of nitrogens with two attached hydrogens (primary N) is 1. The maximum Gasteiger partial charge on any atom is 0.269 e. The molecule has 64 valence electrons. The largest absolute Gasteiger partial charge is 0.366 e. The molecule has 0 aliphatic rings. The van der Waals surface area contributed by atoms with Gasteiger partial charge in [0.2, 0.25) is 5.91 Å². The van der Waals surface area contributed by atoms with E-state index in [0.717, 1.165) is 0 Å². The second-order valence-electron chi connectivity index (χ2n) is 2.37. The molecule has 0 saturated heterocycles. The quantitative estimate of drug-likeness (QED) is 0.580. The fourth-order valence-corrected chi connectivity index (χ4v) is 0.908. The Morgan fingerprint density at radius 1 is 1.54 bits per heavy atom. The van der Waals surface area contributed by atoms with E-state index in [1.807, 2.05) is 0 Å². The van der Waals surface area contributed by atoms with Crippen LogP contribution in [0.2, 0.25) is 0 Å². The minimum atomic E-state index is -0.597. The number of benzene rings is 1. The van der Waals surface area contributed by atoms with Crippen LogP contribution in [0, 0.1) is 17.3 Å². The van der Waals surface area contributed by atoms with Crippen LogP contribution < -0.4 is 10.9 Å². The molecule has 3 N–H and O–H groups in total. The summed E-state index contributed by atoms with van der Waals surface area (Å²) in [6.45, 7) is 0. The highest BCUT2D eigenvalue weighted by Gasteiger charge is 2.10. The van der Waals surface area contributed by atoms with Crippen molar-refractivity contribution in [3.05, 3.63) is 34.2 Å². The first-order valence-electron chi connectivity index (χ1n) is 3.47. The molecule has 0 fully saturated rings. The fraction of sp³-hybridized carbons (Fsp3) is 0. The number of primary amides is 1. The third-order valence-electron chi connectivity index (χ3n) is 1.57. The lowest BCUT2D eigenvalue weighted by Gasteiger charge is -1.94. The predicted molar refractivity (Wildman–Crippen MR) is 46.9 cm³/mol. The van der Waals surface area contributed by atoms with Crippen molar-refractivity contribution in [1.82, 2.24) is 0 Å². The van der Waals surface area contributed by atoms with E-state index in [1.165, 1.54) is 18.2 Å². The minimum absolute atomic E-state index is 0.179. The van der Waals surface area contributed by atoms with Crippen molar-refractivity contribution in [3.63, 3.8) is 0 Å². The highest BCUT2D eigenvalue weighted by molar-refractivity contribution is 5.93. The molecule has 0 aliphatic heterocycles. The van der Waals surface area contributed by atoms with Gasteiger partial charge in [0.15, 0.2) is 0 Å². The van der Waals surface area contributed by atoms with Crippen LogP contribution in [0.3, 0.4) is 0 Å². The Morgan fingerprint density at radius 2 is 2.23 bits per heavy atom. The third-order valence-corrected chi connectivity index (χ3v) is 1.57. The number of carbonyl (C=O) groups is 1. The number of amides is 1. The lowest BCUT2D eigenvalue weighted by atomic mass is 10.1. The molecule has 4 heteroatoms. The first kappa shape index (κ1) is 8.94. The lowest BCUT2D eigenvalue weighted by Crippen LogP contribution is -2.56. The Bertz CT molecular complexity index is 405. The van der Waals surface area contributed by atoms with Gasteiger partial charge in [0, 0.05) is 21.7 Å². The molecule has 0 bridgehead atoms. The highest BCUT2D eigenvalue weighted by Crippen LogP contribution is 2.10. The first-order chi connectivity index (χ1) is 6.19. The zero-order valence-corrected chi connectivity index (χ0v) is 6.70. The van der Waals surface area contributed by atoms with E-state index in [-0.39, 0.29) is 11.3 Å². The van der Waals surface area contributed by atoms with E-state index >= 15 is 0 Å². The Balaban J connectivity index is 3.30. The molecule has 13 heavy (non-hydrogen) atoms. The monoisotopic (exact) mass is 175 g/mol. The van der Waals surface area contributed by atoms with Gasteiger partial charge in [-0.3, -0.25) is 4.79 Å². The molecule has 1 aromatic rings. The van der Waals surface area contributed by atoms with E-state index in [1.54, 1.807) is 5.18 Å². The van der Waals surface area contributed by atoms with E-state index in [0.29, 0.717) is 5.56 Å². The van der Waals surface area contributed by atoms with Crippen LogP contribution in [0.15, 0.2) is 18.2 Å². The maximum atomic E-state index is 10.7. The second-order valence-corrected chi connectivity index (χ2v) is 2.37. The summed E-state index contributed by atoms with van der Waals surface area (Å²) in [6, 6.07) is 4.28. The van der Waals surface area contributed by atoms with Crippen molar-refractivity contribution >= 4 is 11.6 Å². The van der Waals surface area contributed by atoms with Crippen molar-refractivity contribution in [1.29, 1.82) is 0 Å². The molecule has 0 aliphatic carbocycles. The normalized spacial score (nSPS) is 8.85. The van der Waals surface area contributed by atoms with Crippen LogP contribution in [-0.4, -0.2) is 5.91 Å². The molecule has 1 aromatic carbocycles. The van der Waals surface area contributed by atoms with Crippen LogP contribution >= 0.6 is 0 Å². The molecule has 0 aromatic heterocycles. The molecule has 4 nitrogen and oxygen atoms in total. The summed E-state index contributed by atoms with van der Waals surface area (Å²) in [5.74, 6) is 1.70. The molecule has 0 spiro atoms. The average molecular weight is 175 g/mol. The van der Waals surface area contributed by atoms with E-state index in [4.69, 9.17) is 12.2 Å². The van der Waals surface area contributed by atoms with E-state index in [2.05, 4.69) is 5.92 Å². The number of nitroso groups, excluding NO2 is 1. The van der Waals surface area contributed by atoms with E-state index in [9.17, 15) is 9.70 Å². The molecule has 0 unspecified atom stereocenters. The second kappa shape index (κ2) is 3.50. The standard InChI is InChI=1S/C9H6N2O2/c1-2-6-3-4-7(9(10)12)5-8(6)11-13/h1,3-5H,(H2,10,12)/p+1. The fourth-order valence-electron chi connectivity index (χ4n) is 0.908. The van der Waals surface area contributed by atoms with Gasteiger partial charge >= 0.3 is 0 Å². The van der Waals surface area contributed by atoms with Crippen LogP contribution in [0.5, 0.6) is 0 Å². The van der Waals surface area contributed by atoms with Gasteiger partial charge in [0.1, 0.15) is 5.56 Å². The van der Waals surface area contributed by atoms with Gasteiger partial charge < -0.3 is 5.73 Å². The highest BCUT2D eigenvalue weighted by atomic mass is 16.3. The number of hydrogen-bond acceptors (Lipinski definition) is 2. The number of terminal acetylenes is 1. The molecule has 0 saturated carbocycles. The number of carbonyl (C=O) groups excluding carboxylic acids is 1. The van der Waals surface area contributed by atoms with Crippen molar-refractivity contribution in [2.75, 3.05) is 0 Å². The Hall–Kier alpha value is -2.15. The topological polar surface area (TPSA) is 74.1 Å². The zero-order valence-electron chi connectivity index (χ0n) is 6.70. The van der Waals surface area contributed by atoms with Gasteiger partial charge in [0.05, 0.1) is 0 Å². The van der Waals surface area contributed by atoms with Crippen molar-refractivity contribution in [3.8, 4) is 12.3 Å². The summed E-state index contributed by atoms with van der Waals surface area (Å²) in [7, 11) is 0. The smallest absolute Gasteiger partial charge is 0.269 e. The van der Waals surface area contributed by atoms with Gasteiger partial charge in [-0.2, -0.15) is 0 Å². The van der Waals surface area contributed by atoms with Crippen LogP contribution in [0.1, 0.15) is 15.9 Å². The Kier molecular flexibility index (Phi) is 2.41. The summed E-state index contributed by atoms with van der Waals surface area (Å²) in [5.41, 5.74) is 5.84. The van der Waals surface area contributed by atoms with Crippen molar-refractivity contribution < 1.29 is 9.97 Å². The van der Waals surface area contributed by atoms with Crippen LogP contribution in [0.4, 0.5) is 5.69 Å². The number of nitrogens with one attached hydrogen (secondary N) is 1. The summed E-state index contributed by atoms with van der Waals surface area (Å²) < 4.78 is 0. The molecular formula is C9H7N2O2+. The predicted octanol–water partition coefficient (Wildman–Crippen LogP) is -0.755. The first-order valence-corrected chi connectivity index (χ1v) is 3.47. The zero-order chi connectivity index (χ0) is 9.84. The van der Waals surface area contributed by atoms with Gasteiger partial charge in [-0.15, -0.1) is 6.42 Å². The van der Waals surface area contributed by atoms with E-state index < -0.39 is 5.91 Å². The SMILES string of the molecule is C#Cc1ccc(C(N)=O)cc1[NH+]=O. The van der Waals surface area contributed by atoms with Gasteiger partial charge in [0.25, 0.3) is 5.69 Å². The third kappa shape index (κ3) is 1.71. The molecule has 0 atom stereocenters. The minimum Gasteiger partial charge on any atom is -0.366 e. The molecule has 1 amide bonds. The number of hydrogen-bond donors (Lipinski definition) is 2. The summed E-state index contributed by atoms with van der Waals surface area (Å²) >= 11 is 0. The molecule has 1 rings (SSSR count). The molecule has 0 radical (unpaired) electrons. The van der Waals surface area contributed by atoms with Crippen LogP contribution in [0.25, 0.3) is 0 Å². The summed E-state index contributed by atoms with van der Waals surface area (Å²) in [5, 5.41) is 1.64. The maximum absolute atomic E-state index is 10.7. The number of rotatable bonds is 2. The van der Waals surface area contributed by atoms with Gasteiger partial charge in [-0.1, -0.05) is 5.92 Å². The lowest BCUT2D eigenvalue weighted by molar-refractivity contribution is -0.379. The molecule has 0 heterocycles. The van der Waals surface area contributed by atoms with Gasteiger partial charge in [-0.05, 0) is 12.1 Å². The van der Waals surface area contributed by atoms with Crippen molar-refractivity contribution in [2.45, 2.75) is 0 Å². The molecular weight excluding hydrogens is 168 g/mol. The Morgan fingerprint density at radius 3 is 2.69 bits per heavy atom. The summed E-state index contributed by atoms with van der Waals surface area (Å²) in [4.78, 5) is 21.1. The Labute approximate surface area is 74.7 Å². The van der Waals surface area contributed by atoms with Gasteiger partial charge in [-0.25, -0.2) is 0 Å². The van der Waals surface area contributed by atoms with Crippen molar-refractivity contribution in [2.24, 2.45) is 5.73 Å². The average Bonchev–Trinajstić information content (AvgIpc) is 2.16.